The van der Waals surface area contributed by atoms with Gasteiger partial charge in [-0.05, 0) is 35.7 Å². The van der Waals surface area contributed by atoms with Gasteiger partial charge in [-0.3, -0.25) is 9.67 Å². The molecule has 96 valence electrons. The number of aromatic nitrogens is 4. The fourth-order valence-corrected chi connectivity index (χ4v) is 2.24. The van der Waals surface area contributed by atoms with Crippen LogP contribution in [-0.4, -0.2) is 19.7 Å². The molecule has 3 aromatic heterocycles. The van der Waals surface area contributed by atoms with Gasteiger partial charge in [0.05, 0.1) is 17.2 Å². The van der Waals surface area contributed by atoms with Crippen molar-refractivity contribution in [3.8, 4) is 0 Å². The van der Waals surface area contributed by atoms with Gasteiger partial charge in [0.25, 0.3) is 0 Å². The molecule has 3 aromatic rings. The highest BCUT2D eigenvalue weighted by Gasteiger charge is 2.05. The number of nitrogen functional groups attached to an aromatic ring is 1. The van der Waals surface area contributed by atoms with Crippen LogP contribution in [0.2, 0.25) is 0 Å². The third-order valence-corrected chi connectivity index (χ3v) is 3.08. The zero-order valence-corrected chi connectivity index (χ0v) is 11.0. The van der Waals surface area contributed by atoms with E-state index in [2.05, 4.69) is 15.1 Å². The van der Waals surface area contributed by atoms with E-state index in [1.54, 1.807) is 4.68 Å². The van der Waals surface area contributed by atoms with E-state index in [-0.39, 0.29) is 0 Å². The molecular formula is C14H15N5. The Bertz CT molecular complexity index is 745. The van der Waals surface area contributed by atoms with E-state index in [0.29, 0.717) is 5.82 Å². The number of hydrogen-bond donors (Lipinski definition) is 1. The van der Waals surface area contributed by atoms with E-state index in [1.807, 2.05) is 44.7 Å². The van der Waals surface area contributed by atoms with Gasteiger partial charge in [0.1, 0.15) is 5.82 Å². The number of fused-ring (bicyclic) bond motifs is 1. The molecule has 0 radical (unpaired) electrons. The van der Waals surface area contributed by atoms with Gasteiger partial charge in [-0.15, -0.1) is 0 Å². The SMILES string of the molecule is Cc1cc(N)nc2cc(Cc3cnn(C)c3)cnc12. The molecule has 0 amide bonds. The summed E-state index contributed by atoms with van der Waals surface area (Å²) in [5.41, 5.74) is 10.8. The third-order valence-electron chi connectivity index (χ3n) is 3.08. The Labute approximate surface area is 111 Å². The topological polar surface area (TPSA) is 69.6 Å². The molecule has 2 N–H and O–H groups in total. The molecule has 5 nitrogen and oxygen atoms in total. The minimum Gasteiger partial charge on any atom is -0.384 e. The Hall–Kier alpha value is -2.43. The molecule has 3 rings (SSSR count). The molecule has 0 unspecified atom stereocenters. The Morgan fingerprint density at radius 3 is 2.79 bits per heavy atom. The summed E-state index contributed by atoms with van der Waals surface area (Å²) in [4.78, 5) is 8.82. The zero-order valence-electron chi connectivity index (χ0n) is 11.0. The maximum absolute atomic E-state index is 5.78. The van der Waals surface area contributed by atoms with Gasteiger partial charge in [-0.25, -0.2) is 4.98 Å². The van der Waals surface area contributed by atoms with Crippen molar-refractivity contribution < 1.29 is 0 Å². The summed E-state index contributed by atoms with van der Waals surface area (Å²) in [7, 11) is 1.91. The predicted octanol–water partition coefficient (Wildman–Crippen LogP) is 1.84. The Morgan fingerprint density at radius 2 is 2.05 bits per heavy atom. The average molecular weight is 253 g/mol. The molecular weight excluding hydrogens is 238 g/mol. The number of aryl methyl sites for hydroxylation is 2. The summed E-state index contributed by atoms with van der Waals surface area (Å²) in [6.07, 6.45) is 6.55. The van der Waals surface area contributed by atoms with E-state index in [9.17, 15) is 0 Å². The van der Waals surface area contributed by atoms with Crippen LogP contribution in [0, 0.1) is 6.92 Å². The van der Waals surface area contributed by atoms with Gasteiger partial charge in [-0.1, -0.05) is 0 Å². The molecule has 0 fully saturated rings. The lowest BCUT2D eigenvalue weighted by Crippen LogP contribution is -1.96. The molecule has 0 aliphatic carbocycles. The van der Waals surface area contributed by atoms with Crippen molar-refractivity contribution in [2.75, 3.05) is 5.73 Å². The maximum atomic E-state index is 5.78. The first-order valence-corrected chi connectivity index (χ1v) is 6.11. The molecule has 0 saturated heterocycles. The fourth-order valence-electron chi connectivity index (χ4n) is 2.24. The van der Waals surface area contributed by atoms with Crippen LogP contribution in [0.5, 0.6) is 0 Å². The maximum Gasteiger partial charge on any atom is 0.124 e. The zero-order chi connectivity index (χ0) is 13.4. The number of anilines is 1. The van der Waals surface area contributed by atoms with Crippen molar-refractivity contribution in [3.05, 3.63) is 47.4 Å². The Kier molecular flexibility index (Phi) is 2.67. The van der Waals surface area contributed by atoms with Crippen LogP contribution in [0.4, 0.5) is 5.82 Å². The molecule has 5 heteroatoms. The van der Waals surface area contributed by atoms with Crippen LogP contribution in [0.15, 0.2) is 30.7 Å². The fraction of sp³-hybridized carbons (Fsp3) is 0.214. The van der Waals surface area contributed by atoms with Crippen LogP contribution in [0.25, 0.3) is 11.0 Å². The number of pyridine rings is 2. The quantitative estimate of drug-likeness (QED) is 0.756. The lowest BCUT2D eigenvalue weighted by atomic mass is 10.1. The monoisotopic (exact) mass is 253 g/mol. The van der Waals surface area contributed by atoms with Crippen molar-refractivity contribution >= 4 is 16.9 Å². The largest absolute Gasteiger partial charge is 0.384 e. The normalized spacial score (nSPS) is 11.1. The molecule has 0 saturated carbocycles. The number of nitrogens with two attached hydrogens (primary N) is 1. The molecule has 0 spiro atoms. The van der Waals surface area contributed by atoms with Crippen molar-refractivity contribution in [2.45, 2.75) is 13.3 Å². The third kappa shape index (κ3) is 2.27. The Morgan fingerprint density at radius 1 is 1.21 bits per heavy atom. The highest BCUT2D eigenvalue weighted by Crippen LogP contribution is 2.19. The van der Waals surface area contributed by atoms with Gasteiger partial charge in [0.2, 0.25) is 0 Å². The lowest BCUT2D eigenvalue weighted by Gasteiger charge is -2.05. The smallest absolute Gasteiger partial charge is 0.124 e. The van der Waals surface area contributed by atoms with Crippen molar-refractivity contribution in [3.63, 3.8) is 0 Å². The van der Waals surface area contributed by atoms with E-state index in [1.165, 1.54) is 0 Å². The summed E-state index contributed by atoms with van der Waals surface area (Å²) in [6.45, 7) is 1.99. The van der Waals surface area contributed by atoms with Crippen LogP contribution < -0.4 is 5.73 Å². The van der Waals surface area contributed by atoms with Gasteiger partial charge in [0, 0.05) is 25.9 Å². The molecule has 0 atom stereocenters. The molecule has 3 heterocycles. The first kappa shape index (κ1) is 11.6. The average Bonchev–Trinajstić information content (AvgIpc) is 2.74. The predicted molar refractivity (Wildman–Crippen MR) is 74.7 cm³/mol. The van der Waals surface area contributed by atoms with Crippen molar-refractivity contribution in [1.82, 2.24) is 19.7 Å². The standard InChI is InChI=1S/C14H15N5/c1-9-3-13(15)18-12-5-10(6-16-14(9)12)4-11-7-17-19(2)8-11/h3,5-8H,4H2,1-2H3,(H2,15,18). The minimum atomic E-state index is 0.533. The second-order valence-corrected chi connectivity index (χ2v) is 4.77. The molecule has 0 bridgehead atoms. The second-order valence-electron chi connectivity index (χ2n) is 4.77. The number of rotatable bonds is 2. The van der Waals surface area contributed by atoms with E-state index < -0.39 is 0 Å². The van der Waals surface area contributed by atoms with Gasteiger partial charge in [0.15, 0.2) is 0 Å². The van der Waals surface area contributed by atoms with E-state index >= 15 is 0 Å². The molecule has 0 aliphatic rings. The second kappa shape index (κ2) is 4.35. The Balaban J connectivity index is 2.01. The highest BCUT2D eigenvalue weighted by molar-refractivity contribution is 5.79. The van der Waals surface area contributed by atoms with Gasteiger partial charge >= 0.3 is 0 Å². The van der Waals surface area contributed by atoms with E-state index in [0.717, 1.165) is 34.1 Å². The summed E-state index contributed by atoms with van der Waals surface area (Å²) in [5, 5.41) is 4.16. The first-order valence-electron chi connectivity index (χ1n) is 6.11. The summed E-state index contributed by atoms with van der Waals surface area (Å²) >= 11 is 0. The summed E-state index contributed by atoms with van der Waals surface area (Å²) in [5.74, 6) is 0.533. The highest BCUT2D eigenvalue weighted by atomic mass is 15.2. The van der Waals surface area contributed by atoms with Crippen LogP contribution in [0.1, 0.15) is 16.7 Å². The van der Waals surface area contributed by atoms with E-state index in [4.69, 9.17) is 5.73 Å². The van der Waals surface area contributed by atoms with Crippen LogP contribution >= 0.6 is 0 Å². The molecule has 0 aliphatic heterocycles. The van der Waals surface area contributed by atoms with Gasteiger partial charge < -0.3 is 5.73 Å². The van der Waals surface area contributed by atoms with Crippen LogP contribution in [-0.2, 0) is 13.5 Å². The lowest BCUT2D eigenvalue weighted by molar-refractivity contribution is 0.767. The number of hydrogen-bond acceptors (Lipinski definition) is 4. The number of nitrogens with zero attached hydrogens (tertiary/aromatic N) is 4. The summed E-state index contributed by atoms with van der Waals surface area (Å²) in [6, 6.07) is 3.88. The minimum absolute atomic E-state index is 0.533. The summed E-state index contributed by atoms with van der Waals surface area (Å²) < 4.78 is 1.80. The first-order chi connectivity index (χ1) is 9.11. The molecule has 0 aromatic carbocycles. The molecule has 19 heavy (non-hydrogen) atoms. The van der Waals surface area contributed by atoms with Crippen molar-refractivity contribution in [2.24, 2.45) is 7.05 Å². The van der Waals surface area contributed by atoms with Crippen LogP contribution in [0.3, 0.4) is 0 Å². The van der Waals surface area contributed by atoms with Gasteiger partial charge in [-0.2, -0.15) is 5.10 Å². The van der Waals surface area contributed by atoms with Crippen molar-refractivity contribution in [1.29, 1.82) is 0 Å².